The summed E-state index contributed by atoms with van der Waals surface area (Å²) in [5.74, 6) is 0.450. The molecule has 0 radical (unpaired) electrons. The van der Waals surface area contributed by atoms with Crippen molar-refractivity contribution in [2.45, 2.75) is 13.5 Å². The van der Waals surface area contributed by atoms with Crippen LogP contribution in [0.4, 0.5) is 5.69 Å². The summed E-state index contributed by atoms with van der Waals surface area (Å²) in [7, 11) is 0. The summed E-state index contributed by atoms with van der Waals surface area (Å²) in [5, 5.41) is 11.0. The number of carbonyl (C=O) groups is 1. The average Bonchev–Trinajstić information content (AvgIpc) is 3.16. The fourth-order valence-electron chi connectivity index (χ4n) is 2.71. The molecule has 1 N–H and O–H groups in total. The minimum absolute atomic E-state index is 0.269. The van der Waals surface area contributed by atoms with Gasteiger partial charge in [0.15, 0.2) is 5.82 Å². The Bertz CT molecular complexity index is 1090. The van der Waals surface area contributed by atoms with Gasteiger partial charge in [-0.25, -0.2) is 4.98 Å². The highest BCUT2D eigenvalue weighted by atomic mass is 16.1. The Balaban J connectivity index is 1.60. The van der Waals surface area contributed by atoms with E-state index in [-0.39, 0.29) is 11.6 Å². The van der Waals surface area contributed by atoms with E-state index in [0.717, 1.165) is 23.4 Å². The van der Waals surface area contributed by atoms with Gasteiger partial charge in [-0.1, -0.05) is 24.3 Å². The standard InChI is InChI=1S/C19H16N6O/c1-2-25-12-21-24-18(25)13-6-5-7-14(10-13)22-19(26)17-11-20-15-8-3-4-9-16(15)23-17/h3-12H,2H2,1H3,(H,22,26). The van der Waals surface area contributed by atoms with Crippen molar-refractivity contribution in [3.05, 3.63) is 66.7 Å². The Morgan fingerprint density at radius 1 is 1.12 bits per heavy atom. The number of carbonyl (C=O) groups excluding carboxylic acids is 1. The number of hydrogen-bond acceptors (Lipinski definition) is 5. The number of para-hydroxylation sites is 2. The first-order chi connectivity index (χ1) is 12.7. The fraction of sp³-hybridized carbons (Fsp3) is 0.105. The number of rotatable bonds is 4. The van der Waals surface area contributed by atoms with Gasteiger partial charge in [-0.15, -0.1) is 10.2 Å². The predicted molar refractivity (Wildman–Crippen MR) is 98.6 cm³/mol. The second-order valence-electron chi connectivity index (χ2n) is 5.72. The lowest BCUT2D eigenvalue weighted by Crippen LogP contribution is -2.14. The van der Waals surface area contributed by atoms with Crippen LogP contribution in [0.5, 0.6) is 0 Å². The predicted octanol–water partition coefficient (Wildman–Crippen LogP) is 3.16. The van der Waals surface area contributed by atoms with Crippen LogP contribution in [0.2, 0.25) is 0 Å². The van der Waals surface area contributed by atoms with Crippen LogP contribution in [0, 0.1) is 0 Å². The molecule has 2 aromatic heterocycles. The molecule has 0 fully saturated rings. The maximum Gasteiger partial charge on any atom is 0.275 e. The monoisotopic (exact) mass is 344 g/mol. The molecular formula is C19H16N6O. The summed E-state index contributed by atoms with van der Waals surface area (Å²) in [6.45, 7) is 2.79. The highest BCUT2D eigenvalue weighted by Crippen LogP contribution is 2.21. The van der Waals surface area contributed by atoms with Gasteiger partial charge in [0.1, 0.15) is 12.0 Å². The van der Waals surface area contributed by atoms with Crippen molar-refractivity contribution in [2.24, 2.45) is 0 Å². The van der Waals surface area contributed by atoms with Crippen molar-refractivity contribution >= 4 is 22.6 Å². The van der Waals surface area contributed by atoms with Gasteiger partial charge in [0.05, 0.1) is 17.2 Å². The average molecular weight is 344 g/mol. The van der Waals surface area contributed by atoms with Crippen molar-refractivity contribution in [1.82, 2.24) is 24.7 Å². The van der Waals surface area contributed by atoms with E-state index in [4.69, 9.17) is 0 Å². The molecule has 7 heteroatoms. The summed E-state index contributed by atoms with van der Waals surface area (Å²) in [4.78, 5) is 21.2. The van der Waals surface area contributed by atoms with E-state index in [1.165, 1.54) is 6.20 Å². The maximum absolute atomic E-state index is 12.5. The van der Waals surface area contributed by atoms with Crippen molar-refractivity contribution < 1.29 is 4.79 Å². The van der Waals surface area contributed by atoms with Crippen LogP contribution in [-0.4, -0.2) is 30.6 Å². The second kappa shape index (κ2) is 6.72. The number of hydrogen-bond donors (Lipinski definition) is 1. The number of aromatic nitrogens is 5. The topological polar surface area (TPSA) is 85.6 Å². The van der Waals surface area contributed by atoms with E-state index >= 15 is 0 Å². The molecule has 4 aromatic rings. The molecule has 0 bridgehead atoms. The molecular weight excluding hydrogens is 328 g/mol. The summed E-state index contributed by atoms with van der Waals surface area (Å²) < 4.78 is 1.94. The third kappa shape index (κ3) is 3.02. The summed E-state index contributed by atoms with van der Waals surface area (Å²) >= 11 is 0. The highest BCUT2D eigenvalue weighted by molar-refractivity contribution is 6.03. The van der Waals surface area contributed by atoms with Gasteiger partial charge >= 0.3 is 0 Å². The SMILES string of the molecule is CCn1cnnc1-c1cccc(NC(=O)c2cnc3ccccc3n2)c1. The first-order valence-corrected chi connectivity index (χ1v) is 8.26. The van der Waals surface area contributed by atoms with Gasteiger partial charge < -0.3 is 9.88 Å². The third-order valence-corrected chi connectivity index (χ3v) is 4.02. The Kier molecular flexibility index (Phi) is 4.10. The summed E-state index contributed by atoms with van der Waals surface area (Å²) in [6, 6.07) is 14.9. The largest absolute Gasteiger partial charge is 0.321 e. The number of anilines is 1. The number of nitrogens with zero attached hydrogens (tertiary/aromatic N) is 5. The molecule has 1 amide bonds. The number of nitrogens with one attached hydrogen (secondary N) is 1. The van der Waals surface area contributed by atoms with Gasteiger partial charge in [-0.2, -0.15) is 0 Å². The molecule has 0 aliphatic carbocycles. The lowest BCUT2D eigenvalue weighted by Gasteiger charge is -2.08. The molecule has 2 heterocycles. The quantitative estimate of drug-likeness (QED) is 0.614. The highest BCUT2D eigenvalue weighted by Gasteiger charge is 2.11. The maximum atomic E-state index is 12.5. The Morgan fingerprint density at radius 3 is 2.81 bits per heavy atom. The molecule has 26 heavy (non-hydrogen) atoms. The lowest BCUT2D eigenvalue weighted by molar-refractivity contribution is 0.102. The van der Waals surface area contributed by atoms with Crippen LogP contribution < -0.4 is 5.32 Å². The van der Waals surface area contributed by atoms with E-state index in [1.54, 1.807) is 6.33 Å². The van der Waals surface area contributed by atoms with Crippen molar-refractivity contribution in [3.63, 3.8) is 0 Å². The third-order valence-electron chi connectivity index (χ3n) is 4.02. The summed E-state index contributed by atoms with van der Waals surface area (Å²) in [6.07, 6.45) is 3.17. The molecule has 4 rings (SSSR count). The summed E-state index contributed by atoms with van der Waals surface area (Å²) in [5.41, 5.74) is 3.25. The van der Waals surface area contributed by atoms with Gasteiger partial charge in [-0.3, -0.25) is 9.78 Å². The van der Waals surface area contributed by atoms with Crippen molar-refractivity contribution in [3.8, 4) is 11.4 Å². The number of fused-ring (bicyclic) bond motifs is 1. The molecule has 7 nitrogen and oxygen atoms in total. The lowest BCUT2D eigenvalue weighted by atomic mass is 10.2. The first-order valence-electron chi connectivity index (χ1n) is 8.26. The van der Waals surface area contributed by atoms with Crippen LogP contribution in [-0.2, 0) is 6.54 Å². The van der Waals surface area contributed by atoms with E-state index < -0.39 is 0 Å². The minimum atomic E-state index is -0.308. The molecule has 0 saturated carbocycles. The van der Waals surface area contributed by atoms with Gasteiger partial charge in [0, 0.05) is 17.8 Å². The van der Waals surface area contributed by atoms with Crippen LogP contribution in [0.15, 0.2) is 61.1 Å². The number of benzene rings is 2. The normalized spacial score (nSPS) is 10.8. The molecule has 0 spiro atoms. The van der Waals surface area contributed by atoms with E-state index in [2.05, 4.69) is 25.5 Å². The van der Waals surface area contributed by atoms with Crippen LogP contribution >= 0.6 is 0 Å². The van der Waals surface area contributed by atoms with E-state index in [1.807, 2.05) is 60.0 Å². The zero-order valence-corrected chi connectivity index (χ0v) is 14.1. The van der Waals surface area contributed by atoms with E-state index in [0.29, 0.717) is 11.2 Å². The van der Waals surface area contributed by atoms with Gasteiger partial charge in [0.2, 0.25) is 0 Å². The first kappa shape index (κ1) is 15.9. The molecule has 0 aliphatic heterocycles. The Hall–Kier alpha value is -3.61. The number of amides is 1. The zero-order chi connectivity index (χ0) is 17.9. The Morgan fingerprint density at radius 2 is 1.96 bits per heavy atom. The zero-order valence-electron chi connectivity index (χ0n) is 14.1. The smallest absolute Gasteiger partial charge is 0.275 e. The molecule has 0 unspecified atom stereocenters. The van der Waals surface area contributed by atoms with Crippen LogP contribution in [0.1, 0.15) is 17.4 Å². The minimum Gasteiger partial charge on any atom is -0.321 e. The van der Waals surface area contributed by atoms with E-state index in [9.17, 15) is 4.79 Å². The molecule has 0 aliphatic rings. The number of aryl methyl sites for hydroxylation is 1. The van der Waals surface area contributed by atoms with Crippen LogP contribution in [0.25, 0.3) is 22.4 Å². The molecule has 0 saturated heterocycles. The molecule has 0 atom stereocenters. The van der Waals surface area contributed by atoms with Crippen LogP contribution in [0.3, 0.4) is 0 Å². The van der Waals surface area contributed by atoms with Crippen molar-refractivity contribution in [2.75, 3.05) is 5.32 Å². The Labute approximate surface area is 149 Å². The van der Waals surface area contributed by atoms with Gasteiger partial charge in [-0.05, 0) is 31.2 Å². The second-order valence-corrected chi connectivity index (χ2v) is 5.72. The van der Waals surface area contributed by atoms with Crippen molar-refractivity contribution in [1.29, 1.82) is 0 Å². The fourth-order valence-corrected chi connectivity index (χ4v) is 2.71. The molecule has 128 valence electrons. The van der Waals surface area contributed by atoms with Gasteiger partial charge in [0.25, 0.3) is 5.91 Å². The molecule has 2 aromatic carbocycles.